The highest BCUT2D eigenvalue weighted by Gasteiger charge is 2.38. The zero-order valence-electron chi connectivity index (χ0n) is 13.9. The Balaban J connectivity index is 0.000000593. The lowest BCUT2D eigenvalue weighted by Gasteiger charge is -2.37. The van der Waals surface area contributed by atoms with Crippen molar-refractivity contribution in [3.8, 4) is 0 Å². The maximum Gasteiger partial charge on any atom is 0.300 e. The van der Waals surface area contributed by atoms with Crippen LogP contribution in [0.2, 0.25) is 0 Å². The number of carboxylic acids is 1. The van der Waals surface area contributed by atoms with Crippen LogP contribution < -0.4 is 5.32 Å². The molecule has 1 fully saturated rings. The molecule has 3 N–H and O–H groups in total. The van der Waals surface area contributed by atoms with E-state index in [1.807, 2.05) is 13.8 Å². The summed E-state index contributed by atoms with van der Waals surface area (Å²) in [5.74, 6) is -0.574. The molecule has 0 unspecified atom stereocenters. The summed E-state index contributed by atoms with van der Waals surface area (Å²) in [6, 6.07) is -0.855. The molecule has 0 saturated carbocycles. The summed E-state index contributed by atoms with van der Waals surface area (Å²) < 4.78 is 0. The van der Waals surface area contributed by atoms with Crippen LogP contribution in [0.25, 0.3) is 0 Å². The Hall–Kier alpha value is -2.38. The summed E-state index contributed by atoms with van der Waals surface area (Å²) in [4.78, 5) is 41.8. The van der Waals surface area contributed by atoms with E-state index >= 15 is 0 Å². The van der Waals surface area contributed by atoms with Crippen LogP contribution in [0.5, 0.6) is 0 Å². The van der Waals surface area contributed by atoms with Gasteiger partial charge in [-0.15, -0.1) is 0 Å². The SMILES string of the molecule is CC(=O)O.CC(C)C[C@H]1C(=O)N[C@@H](Cc2cnc[nH]2)C(=O)N1C. The van der Waals surface area contributed by atoms with Gasteiger partial charge in [-0.05, 0) is 12.3 Å². The molecule has 1 aromatic heterocycles. The quantitative estimate of drug-likeness (QED) is 0.742. The number of carbonyl (C=O) groups is 3. The van der Waals surface area contributed by atoms with Gasteiger partial charge in [0.05, 0.1) is 6.33 Å². The van der Waals surface area contributed by atoms with E-state index in [4.69, 9.17) is 9.90 Å². The van der Waals surface area contributed by atoms with E-state index in [9.17, 15) is 9.59 Å². The molecule has 0 aliphatic carbocycles. The van der Waals surface area contributed by atoms with Gasteiger partial charge in [0.25, 0.3) is 5.97 Å². The van der Waals surface area contributed by atoms with Crippen molar-refractivity contribution in [2.24, 2.45) is 5.92 Å². The van der Waals surface area contributed by atoms with Crippen molar-refractivity contribution in [3.63, 3.8) is 0 Å². The number of carboxylic acid groups (broad SMARTS) is 1. The molecular formula is C15H24N4O4. The minimum absolute atomic E-state index is 0.0418. The number of aromatic amines is 1. The summed E-state index contributed by atoms with van der Waals surface area (Å²) >= 11 is 0. The first-order valence-electron chi connectivity index (χ1n) is 7.46. The number of H-pyrrole nitrogens is 1. The van der Waals surface area contributed by atoms with Gasteiger partial charge >= 0.3 is 0 Å². The summed E-state index contributed by atoms with van der Waals surface area (Å²) in [6.45, 7) is 5.17. The molecular weight excluding hydrogens is 300 g/mol. The molecule has 2 atom stereocenters. The van der Waals surface area contributed by atoms with Crippen LogP contribution in [0.1, 0.15) is 32.9 Å². The highest BCUT2D eigenvalue weighted by molar-refractivity contribution is 5.96. The predicted molar refractivity (Wildman–Crippen MR) is 83.5 cm³/mol. The van der Waals surface area contributed by atoms with Crippen molar-refractivity contribution in [2.45, 2.75) is 45.7 Å². The van der Waals surface area contributed by atoms with Gasteiger partial charge in [0.2, 0.25) is 11.8 Å². The molecule has 0 spiro atoms. The molecule has 8 heteroatoms. The molecule has 2 heterocycles. The smallest absolute Gasteiger partial charge is 0.300 e. The van der Waals surface area contributed by atoms with Crippen LogP contribution in [-0.4, -0.2) is 56.9 Å². The lowest BCUT2D eigenvalue weighted by Crippen LogP contribution is -2.62. The predicted octanol–water partition coefficient (Wildman–Crippen LogP) is 0.415. The molecule has 128 valence electrons. The number of aliphatic carboxylic acids is 1. The Morgan fingerprint density at radius 2 is 2.04 bits per heavy atom. The maximum atomic E-state index is 12.3. The maximum absolute atomic E-state index is 12.3. The van der Waals surface area contributed by atoms with Crippen molar-refractivity contribution in [2.75, 3.05) is 7.05 Å². The van der Waals surface area contributed by atoms with Gasteiger partial charge in [0.15, 0.2) is 0 Å². The van der Waals surface area contributed by atoms with E-state index in [0.717, 1.165) is 12.6 Å². The molecule has 0 radical (unpaired) electrons. The second-order valence-corrected chi connectivity index (χ2v) is 5.96. The van der Waals surface area contributed by atoms with Gasteiger partial charge in [-0.3, -0.25) is 14.4 Å². The fraction of sp³-hybridized carbons (Fsp3) is 0.600. The number of amides is 2. The van der Waals surface area contributed by atoms with Crippen LogP contribution in [0.3, 0.4) is 0 Å². The molecule has 8 nitrogen and oxygen atoms in total. The van der Waals surface area contributed by atoms with Gasteiger partial charge in [0.1, 0.15) is 12.1 Å². The second kappa shape index (κ2) is 8.30. The van der Waals surface area contributed by atoms with Gasteiger partial charge < -0.3 is 20.3 Å². The molecule has 1 aliphatic rings. The van der Waals surface area contributed by atoms with E-state index in [0.29, 0.717) is 18.8 Å². The zero-order chi connectivity index (χ0) is 17.6. The monoisotopic (exact) mass is 324 g/mol. The molecule has 2 rings (SSSR count). The highest BCUT2D eigenvalue weighted by Crippen LogP contribution is 2.17. The van der Waals surface area contributed by atoms with Crippen molar-refractivity contribution in [3.05, 3.63) is 18.2 Å². The Morgan fingerprint density at radius 1 is 1.43 bits per heavy atom. The number of hydrogen-bond donors (Lipinski definition) is 3. The summed E-state index contributed by atoms with van der Waals surface area (Å²) in [5, 5.41) is 10.2. The third-order valence-corrected chi connectivity index (χ3v) is 3.41. The minimum atomic E-state index is -0.833. The number of rotatable bonds is 4. The summed E-state index contributed by atoms with van der Waals surface area (Å²) in [5.41, 5.74) is 0.842. The molecule has 1 saturated heterocycles. The number of imidazole rings is 1. The van der Waals surface area contributed by atoms with Crippen LogP contribution in [-0.2, 0) is 20.8 Å². The van der Waals surface area contributed by atoms with Crippen molar-refractivity contribution >= 4 is 17.8 Å². The number of carbonyl (C=O) groups excluding carboxylic acids is 2. The van der Waals surface area contributed by atoms with Crippen LogP contribution in [0.4, 0.5) is 0 Å². The third kappa shape index (κ3) is 5.72. The van der Waals surface area contributed by atoms with Crippen molar-refractivity contribution in [1.29, 1.82) is 0 Å². The van der Waals surface area contributed by atoms with E-state index in [-0.39, 0.29) is 17.9 Å². The minimum Gasteiger partial charge on any atom is -0.481 e. The molecule has 23 heavy (non-hydrogen) atoms. The largest absolute Gasteiger partial charge is 0.481 e. The van der Waals surface area contributed by atoms with Crippen LogP contribution >= 0.6 is 0 Å². The number of piperazine rings is 1. The third-order valence-electron chi connectivity index (χ3n) is 3.41. The highest BCUT2D eigenvalue weighted by atomic mass is 16.4. The normalized spacial score (nSPS) is 20.8. The first kappa shape index (κ1) is 18.7. The fourth-order valence-electron chi connectivity index (χ4n) is 2.37. The van der Waals surface area contributed by atoms with Crippen LogP contribution in [0, 0.1) is 5.92 Å². The second-order valence-electron chi connectivity index (χ2n) is 5.96. The number of aromatic nitrogens is 2. The van der Waals surface area contributed by atoms with E-state index in [1.54, 1.807) is 24.5 Å². The lowest BCUT2D eigenvalue weighted by molar-refractivity contribution is -0.148. The Morgan fingerprint density at radius 3 is 2.52 bits per heavy atom. The Labute approximate surface area is 135 Å². The van der Waals surface area contributed by atoms with E-state index in [2.05, 4.69) is 15.3 Å². The Bertz CT molecular complexity index is 538. The summed E-state index contributed by atoms with van der Waals surface area (Å²) in [7, 11) is 1.70. The fourth-order valence-corrected chi connectivity index (χ4v) is 2.37. The average molecular weight is 324 g/mol. The number of hydrogen-bond acceptors (Lipinski definition) is 4. The molecule has 2 amide bonds. The Kier molecular flexibility index (Phi) is 6.74. The van der Waals surface area contributed by atoms with Crippen molar-refractivity contribution < 1.29 is 19.5 Å². The topological polar surface area (TPSA) is 115 Å². The van der Waals surface area contributed by atoms with Gasteiger partial charge in [-0.1, -0.05) is 13.8 Å². The van der Waals surface area contributed by atoms with Crippen LogP contribution in [0.15, 0.2) is 12.5 Å². The first-order chi connectivity index (χ1) is 10.7. The number of nitrogens with one attached hydrogen (secondary N) is 2. The molecule has 1 aromatic rings. The zero-order valence-corrected chi connectivity index (χ0v) is 13.9. The molecule has 1 aliphatic heterocycles. The molecule has 0 bridgehead atoms. The van der Waals surface area contributed by atoms with Gasteiger partial charge in [-0.25, -0.2) is 4.98 Å². The van der Waals surface area contributed by atoms with E-state index in [1.165, 1.54) is 0 Å². The average Bonchev–Trinajstić information content (AvgIpc) is 2.93. The van der Waals surface area contributed by atoms with Gasteiger partial charge in [-0.2, -0.15) is 0 Å². The van der Waals surface area contributed by atoms with Crippen molar-refractivity contribution in [1.82, 2.24) is 20.2 Å². The standard InChI is InChI=1S/C13H20N4O2.C2H4O2/c1-8(2)4-11-12(18)16-10(13(19)17(11)3)5-9-6-14-7-15-9;1-2(3)4/h6-8,10-11H,4-5H2,1-3H3,(H,14,15)(H,16,18);1H3,(H,3,4)/t10-,11-;/m0./s1. The lowest BCUT2D eigenvalue weighted by atomic mass is 9.97. The van der Waals surface area contributed by atoms with Gasteiger partial charge in [0, 0.05) is 32.3 Å². The summed E-state index contributed by atoms with van der Waals surface area (Å²) in [6.07, 6.45) is 4.36. The number of nitrogens with zero attached hydrogens (tertiary/aromatic N) is 2. The molecule has 0 aromatic carbocycles. The number of likely N-dealkylation sites (N-methyl/N-ethyl adjacent to an activating group) is 1. The van der Waals surface area contributed by atoms with E-state index < -0.39 is 12.0 Å². The first-order valence-corrected chi connectivity index (χ1v) is 7.46.